The molecule has 0 N–H and O–H groups in total. The van der Waals surface area contributed by atoms with E-state index in [0.29, 0.717) is 5.92 Å². The zero-order chi connectivity index (χ0) is 10.1. The van der Waals surface area contributed by atoms with Crippen LogP contribution in [0.2, 0.25) is 25.2 Å². The molecule has 0 radical (unpaired) electrons. The van der Waals surface area contributed by atoms with E-state index in [-0.39, 0.29) is 4.87 Å². The quantitative estimate of drug-likeness (QED) is 0.362. The third kappa shape index (κ3) is 0.956. The Kier molecular flexibility index (Phi) is 1.68. The van der Waals surface area contributed by atoms with Gasteiger partial charge in [0.15, 0.2) is 0 Å². The van der Waals surface area contributed by atoms with Crippen molar-refractivity contribution >= 4 is 19.7 Å². The average molecular weight is 227 g/mol. The topological polar surface area (TPSA) is 0 Å². The standard InChI is InChI=1S/C12H19ClSi/c1-14(2,3)11-10-8-4-6-9(7-5-8)12(10,11)13/h4,6,8-11H,5,7H2,1-3H3/t8-,9+,10+,11+,12-/m0/s1. The van der Waals surface area contributed by atoms with E-state index in [1.165, 1.54) is 12.8 Å². The first-order valence-electron chi connectivity index (χ1n) is 5.83. The van der Waals surface area contributed by atoms with Crippen molar-refractivity contribution in [1.82, 2.24) is 0 Å². The van der Waals surface area contributed by atoms with Crippen molar-refractivity contribution < 1.29 is 0 Å². The lowest BCUT2D eigenvalue weighted by molar-refractivity contribution is 0.325. The van der Waals surface area contributed by atoms with Gasteiger partial charge in [-0.3, -0.25) is 0 Å². The maximum absolute atomic E-state index is 6.88. The molecule has 0 aliphatic heterocycles. The largest absolute Gasteiger partial charge is 0.118 e. The number of hydrogen-bond acceptors (Lipinski definition) is 0. The Labute approximate surface area is 92.7 Å². The molecule has 2 saturated carbocycles. The van der Waals surface area contributed by atoms with Crippen molar-refractivity contribution in [2.75, 3.05) is 0 Å². The Morgan fingerprint density at radius 1 is 1.21 bits per heavy atom. The van der Waals surface area contributed by atoms with Gasteiger partial charge in [0.25, 0.3) is 0 Å². The molecule has 0 aromatic carbocycles. The molecule has 4 aliphatic rings. The second kappa shape index (κ2) is 2.49. The zero-order valence-electron chi connectivity index (χ0n) is 9.26. The van der Waals surface area contributed by atoms with Crippen LogP contribution in [0.5, 0.6) is 0 Å². The van der Waals surface area contributed by atoms with Gasteiger partial charge < -0.3 is 0 Å². The van der Waals surface area contributed by atoms with E-state index in [9.17, 15) is 0 Å². The van der Waals surface area contributed by atoms with Crippen LogP contribution in [0.3, 0.4) is 0 Å². The fraction of sp³-hybridized carbons (Fsp3) is 0.833. The highest BCUT2D eigenvalue weighted by molar-refractivity contribution is 6.80. The number of alkyl halides is 1. The number of hydrogen-bond donors (Lipinski definition) is 0. The van der Waals surface area contributed by atoms with E-state index in [1.54, 1.807) is 0 Å². The summed E-state index contributed by atoms with van der Waals surface area (Å²) in [6.45, 7) is 7.46. The van der Waals surface area contributed by atoms with Gasteiger partial charge in [-0.05, 0) is 36.1 Å². The van der Waals surface area contributed by atoms with E-state index >= 15 is 0 Å². The molecule has 0 spiro atoms. The van der Waals surface area contributed by atoms with Gasteiger partial charge in [0, 0.05) is 8.07 Å². The summed E-state index contributed by atoms with van der Waals surface area (Å²) >= 11 is 6.88. The highest BCUT2D eigenvalue weighted by atomic mass is 35.5. The molecule has 4 aliphatic carbocycles. The molecule has 2 heteroatoms. The van der Waals surface area contributed by atoms with E-state index < -0.39 is 8.07 Å². The van der Waals surface area contributed by atoms with Gasteiger partial charge in [-0.15, -0.1) is 11.6 Å². The van der Waals surface area contributed by atoms with Gasteiger partial charge in [-0.25, -0.2) is 0 Å². The van der Waals surface area contributed by atoms with Crippen molar-refractivity contribution in [3.05, 3.63) is 12.2 Å². The molecule has 2 fully saturated rings. The SMILES string of the molecule is C[Si](C)(C)[C@@H]1[C@H]2[C@H]3C=C[C@H](CC3)[C@]21Cl. The van der Waals surface area contributed by atoms with Crippen molar-refractivity contribution in [1.29, 1.82) is 0 Å². The molecule has 0 saturated heterocycles. The summed E-state index contributed by atoms with van der Waals surface area (Å²) in [5, 5.41) is 0. The van der Waals surface area contributed by atoms with Gasteiger partial charge in [0.05, 0.1) is 4.87 Å². The fourth-order valence-electron chi connectivity index (χ4n) is 4.17. The molecule has 0 amide bonds. The van der Waals surface area contributed by atoms with Crippen LogP contribution in [0.1, 0.15) is 12.8 Å². The lowest BCUT2D eigenvalue weighted by atomic mass is 9.76. The van der Waals surface area contributed by atoms with Crippen molar-refractivity contribution in [3.63, 3.8) is 0 Å². The molecule has 4 rings (SSSR count). The highest BCUT2D eigenvalue weighted by Crippen LogP contribution is 2.76. The molecule has 0 unspecified atom stereocenters. The summed E-state index contributed by atoms with van der Waals surface area (Å²) < 4.78 is 0. The molecular weight excluding hydrogens is 208 g/mol. The molecule has 78 valence electrons. The Balaban J connectivity index is 1.97. The molecule has 2 bridgehead atoms. The van der Waals surface area contributed by atoms with Gasteiger partial charge in [0.1, 0.15) is 0 Å². The Bertz CT molecular complexity index is 304. The molecule has 0 aromatic rings. The predicted molar refractivity (Wildman–Crippen MR) is 64.5 cm³/mol. The third-order valence-corrected chi connectivity index (χ3v) is 8.25. The van der Waals surface area contributed by atoms with E-state index in [0.717, 1.165) is 17.4 Å². The summed E-state index contributed by atoms with van der Waals surface area (Å²) in [4.78, 5) is 0.210. The van der Waals surface area contributed by atoms with Crippen LogP contribution in [-0.2, 0) is 0 Å². The first-order valence-corrected chi connectivity index (χ1v) is 9.78. The van der Waals surface area contributed by atoms with Gasteiger partial charge in [-0.1, -0.05) is 31.8 Å². The Hall–Kier alpha value is 0.247. The van der Waals surface area contributed by atoms with Crippen LogP contribution in [0.4, 0.5) is 0 Å². The summed E-state index contributed by atoms with van der Waals surface area (Å²) in [5.74, 6) is 2.38. The minimum absolute atomic E-state index is 0.210. The number of fused-ring (bicyclic) bond motifs is 1. The summed E-state index contributed by atoms with van der Waals surface area (Å²) in [6, 6.07) is 0. The minimum atomic E-state index is -1.04. The second-order valence-corrected chi connectivity index (χ2v) is 12.4. The highest BCUT2D eigenvalue weighted by Gasteiger charge is 2.74. The lowest BCUT2D eigenvalue weighted by Crippen LogP contribution is -2.31. The molecule has 5 atom stereocenters. The van der Waals surface area contributed by atoms with E-state index in [2.05, 4.69) is 31.8 Å². The first-order chi connectivity index (χ1) is 6.45. The molecule has 14 heavy (non-hydrogen) atoms. The van der Waals surface area contributed by atoms with Gasteiger partial charge in [-0.2, -0.15) is 0 Å². The Morgan fingerprint density at radius 3 is 2.29 bits per heavy atom. The minimum Gasteiger partial charge on any atom is -0.118 e. The number of allylic oxidation sites excluding steroid dienone is 2. The van der Waals surface area contributed by atoms with Gasteiger partial charge >= 0.3 is 0 Å². The summed E-state index contributed by atoms with van der Waals surface area (Å²) in [5.41, 5.74) is 0.879. The fourth-order valence-corrected chi connectivity index (χ4v) is 9.04. The molecule has 0 nitrogen and oxygen atoms in total. The van der Waals surface area contributed by atoms with Crippen molar-refractivity contribution in [3.8, 4) is 0 Å². The van der Waals surface area contributed by atoms with Crippen LogP contribution in [0, 0.1) is 17.8 Å². The smallest absolute Gasteiger partial charge is 0.0551 e. The number of halogens is 1. The van der Waals surface area contributed by atoms with E-state index in [4.69, 9.17) is 11.6 Å². The van der Waals surface area contributed by atoms with E-state index in [1.807, 2.05) is 0 Å². The molecule has 0 heterocycles. The molecular formula is C12H19ClSi. The van der Waals surface area contributed by atoms with Crippen LogP contribution in [-0.4, -0.2) is 12.9 Å². The molecule has 0 aromatic heterocycles. The monoisotopic (exact) mass is 226 g/mol. The second-order valence-electron chi connectivity index (χ2n) is 6.43. The maximum Gasteiger partial charge on any atom is 0.0551 e. The summed E-state index contributed by atoms with van der Waals surface area (Å²) in [6.07, 6.45) is 7.63. The summed E-state index contributed by atoms with van der Waals surface area (Å²) in [7, 11) is -1.04. The van der Waals surface area contributed by atoms with Crippen LogP contribution < -0.4 is 0 Å². The zero-order valence-corrected chi connectivity index (χ0v) is 11.0. The number of rotatable bonds is 1. The van der Waals surface area contributed by atoms with Crippen LogP contribution in [0.15, 0.2) is 12.2 Å². The first kappa shape index (κ1) is 9.47. The van der Waals surface area contributed by atoms with Crippen molar-refractivity contribution in [2.24, 2.45) is 17.8 Å². The van der Waals surface area contributed by atoms with Gasteiger partial charge in [0.2, 0.25) is 0 Å². The normalized spacial score (nSPS) is 54.6. The lowest BCUT2D eigenvalue weighted by Gasteiger charge is -2.34. The van der Waals surface area contributed by atoms with Crippen molar-refractivity contribution in [2.45, 2.75) is 42.9 Å². The Morgan fingerprint density at radius 2 is 1.93 bits per heavy atom. The van der Waals surface area contributed by atoms with Crippen LogP contribution >= 0.6 is 11.6 Å². The third-order valence-electron chi connectivity index (χ3n) is 4.60. The van der Waals surface area contributed by atoms with Crippen LogP contribution in [0.25, 0.3) is 0 Å². The average Bonchev–Trinajstić information content (AvgIpc) is 2.75. The maximum atomic E-state index is 6.88. The predicted octanol–water partition coefficient (Wildman–Crippen LogP) is 3.90.